The number of methoxy groups -OCH3 is 2. The van der Waals surface area contributed by atoms with Gasteiger partial charge in [-0.05, 0) is 79.3 Å². The highest BCUT2D eigenvalue weighted by Gasteiger charge is 2.33. The number of carbonyl (C=O) groups excluding carboxylic acids is 2. The Balaban J connectivity index is 1.07. The van der Waals surface area contributed by atoms with Crippen LogP contribution in [0.1, 0.15) is 55.5 Å². The van der Waals surface area contributed by atoms with Gasteiger partial charge in [0.05, 0.1) is 36.7 Å². The minimum absolute atomic E-state index is 0.0366. The number of benzene rings is 5. The molecule has 2 aliphatic heterocycles. The fourth-order valence-electron chi connectivity index (χ4n) is 7.57. The molecule has 7 rings (SSSR count). The summed E-state index contributed by atoms with van der Waals surface area (Å²) in [6.07, 6.45) is 1.63. The smallest absolute Gasteiger partial charge is 0.260 e. The summed E-state index contributed by atoms with van der Waals surface area (Å²) in [6.45, 7) is 5.26. The zero-order chi connectivity index (χ0) is 37.9. The van der Waals surface area contributed by atoms with Crippen molar-refractivity contribution in [2.24, 2.45) is 0 Å². The van der Waals surface area contributed by atoms with E-state index >= 15 is 0 Å². The third kappa shape index (κ3) is 6.99. The van der Waals surface area contributed by atoms with Gasteiger partial charge in [0, 0.05) is 50.2 Å². The number of nitrogens with zero attached hydrogens (tertiary/aromatic N) is 2. The standard InChI is InChI=1S/C44H46N4O6/c1-27-17-29(25-53-41-23-35(45-3)33(21-39(41)51-5)43(49)47-16-15-31-11-7-9-13-37(31)47)20-30(18-27)26-54-42-24-36(46-4)34(22-40(42)52-6)44(50)48-28(2)19-32-12-8-10-14-38(32)48/h7-14,17-18,20-24,28,45-46H,15-16,19,25-26H2,1-6H3. The number of ether oxygens (including phenoxy) is 4. The van der Waals surface area contributed by atoms with Crippen molar-refractivity contribution in [1.29, 1.82) is 0 Å². The third-order valence-electron chi connectivity index (χ3n) is 10.2. The average molecular weight is 727 g/mol. The fourth-order valence-corrected chi connectivity index (χ4v) is 7.57. The maximum absolute atomic E-state index is 14.0. The molecule has 54 heavy (non-hydrogen) atoms. The summed E-state index contributed by atoms with van der Waals surface area (Å²) in [5.74, 6) is 1.79. The quantitative estimate of drug-likeness (QED) is 0.133. The van der Waals surface area contributed by atoms with Gasteiger partial charge in [0.15, 0.2) is 23.0 Å². The molecule has 0 radical (unpaired) electrons. The Morgan fingerprint density at radius 2 is 1.22 bits per heavy atom. The molecule has 10 nitrogen and oxygen atoms in total. The van der Waals surface area contributed by atoms with E-state index in [1.165, 1.54) is 0 Å². The SMILES string of the molecule is CNc1cc(OCc2cc(C)cc(COc3cc(NC)c(C(=O)N4c5ccccc5CC4C)cc3OC)c2)c(OC)cc1C(=O)N1CCc2ccccc21. The number of aryl methyl sites for hydroxylation is 1. The van der Waals surface area contributed by atoms with Gasteiger partial charge in [-0.1, -0.05) is 54.1 Å². The number of carbonyl (C=O) groups is 2. The normalized spacial score (nSPS) is 14.3. The third-order valence-corrected chi connectivity index (χ3v) is 10.2. The monoisotopic (exact) mass is 726 g/mol. The van der Waals surface area contributed by atoms with Crippen molar-refractivity contribution in [3.8, 4) is 23.0 Å². The molecule has 0 fully saturated rings. The second-order valence-corrected chi connectivity index (χ2v) is 13.7. The summed E-state index contributed by atoms with van der Waals surface area (Å²) >= 11 is 0. The number of amides is 2. The molecule has 278 valence electrons. The summed E-state index contributed by atoms with van der Waals surface area (Å²) in [5, 5.41) is 6.37. The van der Waals surface area contributed by atoms with E-state index in [-0.39, 0.29) is 31.1 Å². The molecule has 1 unspecified atom stereocenters. The maximum atomic E-state index is 14.0. The van der Waals surface area contributed by atoms with Gasteiger partial charge >= 0.3 is 0 Å². The average Bonchev–Trinajstić information content (AvgIpc) is 3.78. The largest absolute Gasteiger partial charge is 0.493 e. The number of hydrogen-bond donors (Lipinski definition) is 2. The lowest BCUT2D eigenvalue weighted by Crippen LogP contribution is -2.36. The predicted octanol–water partition coefficient (Wildman–Crippen LogP) is 8.05. The first-order valence-electron chi connectivity index (χ1n) is 18.2. The van der Waals surface area contributed by atoms with Crippen LogP contribution in [-0.2, 0) is 26.1 Å². The van der Waals surface area contributed by atoms with Gasteiger partial charge in [0.25, 0.3) is 11.8 Å². The summed E-state index contributed by atoms with van der Waals surface area (Å²) in [6, 6.07) is 29.4. The lowest BCUT2D eigenvalue weighted by Gasteiger charge is -2.25. The molecule has 2 N–H and O–H groups in total. The van der Waals surface area contributed by atoms with Crippen molar-refractivity contribution in [3.05, 3.63) is 130 Å². The van der Waals surface area contributed by atoms with Crippen LogP contribution in [0.15, 0.2) is 91.0 Å². The summed E-state index contributed by atoms with van der Waals surface area (Å²) in [5.41, 5.74) is 9.47. The Morgan fingerprint density at radius 3 is 1.80 bits per heavy atom. The number of hydrogen-bond acceptors (Lipinski definition) is 8. The minimum atomic E-state index is -0.0953. The van der Waals surface area contributed by atoms with Gasteiger partial charge in [0.2, 0.25) is 0 Å². The number of rotatable bonds is 12. The highest BCUT2D eigenvalue weighted by molar-refractivity contribution is 6.12. The Kier molecular flexibility index (Phi) is 10.4. The van der Waals surface area contributed by atoms with Crippen molar-refractivity contribution < 1.29 is 28.5 Å². The van der Waals surface area contributed by atoms with Crippen molar-refractivity contribution in [2.75, 3.05) is 55.3 Å². The summed E-state index contributed by atoms with van der Waals surface area (Å²) in [4.78, 5) is 31.4. The molecular weight excluding hydrogens is 681 g/mol. The number of anilines is 4. The fraction of sp³-hybridized carbons (Fsp3) is 0.273. The van der Waals surface area contributed by atoms with Crippen LogP contribution in [0.3, 0.4) is 0 Å². The first kappa shape index (κ1) is 36.2. The van der Waals surface area contributed by atoms with Crippen molar-refractivity contribution in [2.45, 2.75) is 45.9 Å². The van der Waals surface area contributed by atoms with Gasteiger partial charge in [-0.3, -0.25) is 9.59 Å². The number of fused-ring (bicyclic) bond motifs is 2. The topological polar surface area (TPSA) is 102 Å². The van der Waals surface area contributed by atoms with Crippen LogP contribution in [-0.4, -0.2) is 52.7 Å². The number of nitrogens with one attached hydrogen (secondary N) is 2. The van der Waals surface area contributed by atoms with Crippen LogP contribution < -0.4 is 39.4 Å². The van der Waals surface area contributed by atoms with E-state index in [1.54, 1.807) is 40.4 Å². The molecule has 2 amide bonds. The second kappa shape index (κ2) is 15.4. The molecule has 2 aliphatic rings. The summed E-state index contributed by atoms with van der Waals surface area (Å²) < 4.78 is 24.1. The van der Waals surface area contributed by atoms with E-state index < -0.39 is 0 Å². The van der Waals surface area contributed by atoms with Gasteiger partial charge in [-0.15, -0.1) is 0 Å². The van der Waals surface area contributed by atoms with E-state index in [9.17, 15) is 9.59 Å². The van der Waals surface area contributed by atoms with E-state index in [0.29, 0.717) is 52.0 Å². The Morgan fingerprint density at radius 1 is 0.685 bits per heavy atom. The first-order valence-corrected chi connectivity index (χ1v) is 18.2. The Hall–Kier alpha value is -6.16. The molecule has 0 aromatic heterocycles. The maximum Gasteiger partial charge on any atom is 0.260 e. The van der Waals surface area contributed by atoms with Crippen LogP contribution in [0.5, 0.6) is 23.0 Å². The zero-order valence-electron chi connectivity index (χ0n) is 31.6. The second-order valence-electron chi connectivity index (χ2n) is 13.7. The molecule has 5 aromatic rings. The van der Waals surface area contributed by atoms with Gasteiger partial charge in [-0.25, -0.2) is 0 Å². The van der Waals surface area contributed by atoms with Crippen molar-refractivity contribution >= 4 is 34.6 Å². The molecule has 2 heterocycles. The van der Waals surface area contributed by atoms with Crippen LogP contribution >= 0.6 is 0 Å². The van der Waals surface area contributed by atoms with Crippen molar-refractivity contribution in [1.82, 2.24) is 0 Å². The van der Waals surface area contributed by atoms with E-state index in [4.69, 9.17) is 18.9 Å². The molecular formula is C44H46N4O6. The molecule has 5 aromatic carbocycles. The van der Waals surface area contributed by atoms with Crippen LogP contribution in [0.25, 0.3) is 0 Å². The highest BCUT2D eigenvalue weighted by atomic mass is 16.5. The lowest BCUT2D eigenvalue weighted by molar-refractivity contribution is 0.0977. The Bertz CT molecular complexity index is 2220. The predicted molar refractivity (Wildman–Crippen MR) is 213 cm³/mol. The zero-order valence-corrected chi connectivity index (χ0v) is 31.6. The van der Waals surface area contributed by atoms with Crippen LogP contribution in [0.2, 0.25) is 0 Å². The van der Waals surface area contributed by atoms with E-state index in [0.717, 1.165) is 52.0 Å². The number of para-hydroxylation sites is 2. The van der Waals surface area contributed by atoms with E-state index in [2.05, 4.69) is 41.8 Å². The molecule has 0 saturated heterocycles. The van der Waals surface area contributed by atoms with Crippen molar-refractivity contribution in [3.63, 3.8) is 0 Å². The highest BCUT2D eigenvalue weighted by Crippen LogP contribution is 2.40. The van der Waals surface area contributed by atoms with Gasteiger partial charge < -0.3 is 39.4 Å². The molecule has 0 aliphatic carbocycles. The lowest BCUT2D eigenvalue weighted by atomic mass is 10.1. The van der Waals surface area contributed by atoms with E-state index in [1.807, 2.05) is 71.3 Å². The minimum Gasteiger partial charge on any atom is -0.493 e. The van der Waals surface area contributed by atoms with Crippen LogP contribution in [0.4, 0.5) is 22.7 Å². The van der Waals surface area contributed by atoms with Crippen LogP contribution in [0, 0.1) is 6.92 Å². The molecule has 1 atom stereocenters. The molecule has 0 saturated carbocycles. The summed E-state index contributed by atoms with van der Waals surface area (Å²) in [7, 11) is 6.74. The van der Waals surface area contributed by atoms with Gasteiger partial charge in [-0.2, -0.15) is 0 Å². The molecule has 0 spiro atoms. The first-order chi connectivity index (χ1) is 26.2. The molecule has 10 heteroatoms. The Labute approximate surface area is 316 Å². The van der Waals surface area contributed by atoms with Gasteiger partial charge in [0.1, 0.15) is 13.2 Å². The molecule has 0 bridgehead atoms.